The molecule has 0 radical (unpaired) electrons. The number of likely N-dealkylation sites (N-methyl/N-ethyl adjacent to an activating group) is 2. The van der Waals surface area contributed by atoms with Crippen LogP contribution in [0.4, 0.5) is 23.1 Å². The number of nitrogens with zero attached hydrogens (tertiary/aromatic N) is 3. The molecule has 15 nitrogen and oxygen atoms in total. The van der Waals surface area contributed by atoms with Crippen molar-refractivity contribution in [3.05, 3.63) is 40.2 Å². The van der Waals surface area contributed by atoms with Gasteiger partial charge in [0.25, 0.3) is 11.5 Å². The number of H-pyrrole nitrogens is 1. The first-order chi connectivity index (χ1) is 20.0. The van der Waals surface area contributed by atoms with Crippen molar-refractivity contribution >= 4 is 41.0 Å². The maximum atomic E-state index is 12.3. The third-order valence-corrected chi connectivity index (χ3v) is 7.44. The van der Waals surface area contributed by atoms with Crippen molar-refractivity contribution < 1.29 is 24.6 Å². The summed E-state index contributed by atoms with van der Waals surface area (Å²) in [5, 5.41) is 26.6. The molecular formula is C27H41N9O6. The van der Waals surface area contributed by atoms with E-state index in [9.17, 15) is 24.3 Å². The molecule has 2 aliphatic rings. The van der Waals surface area contributed by atoms with Crippen LogP contribution in [0, 0.1) is 0 Å². The van der Waals surface area contributed by atoms with Gasteiger partial charge in [0.1, 0.15) is 11.7 Å². The van der Waals surface area contributed by atoms with Crippen LogP contribution in [0.15, 0.2) is 29.1 Å². The van der Waals surface area contributed by atoms with Crippen molar-refractivity contribution in [2.24, 2.45) is 5.73 Å². The van der Waals surface area contributed by atoms with Gasteiger partial charge in [-0.15, -0.1) is 0 Å². The number of carbonyl (C=O) groups is 3. The Hall–Kier alpha value is -4.37. The third kappa shape index (κ3) is 8.57. The second kappa shape index (κ2) is 15.0. The maximum absolute atomic E-state index is 12.3. The van der Waals surface area contributed by atoms with Crippen molar-refractivity contribution in [3.8, 4) is 0 Å². The molecule has 15 heteroatoms. The van der Waals surface area contributed by atoms with Gasteiger partial charge in [0.05, 0.1) is 6.04 Å². The fraction of sp³-hybridized carbons (Fsp3) is 0.519. The number of carbonyl (C=O) groups excluding carboxylic acids is 1. The molecule has 0 bridgehead atoms. The monoisotopic (exact) mass is 587 g/mol. The van der Waals surface area contributed by atoms with Gasteiger partial charge in [0, 0.05) is 50.4 Å². The Morgan fingerprint density at radius 1 is 1.19 bits per heavy atom. The minimum atomic E-state index is -1.30. The number of aromatic nitrogens is 2. The summed E-state index contributed by atoms with van der Waals surface area (Å²) in [6.45, 7) is 6.48. The lowest BCUT2D eigenvalue weighted by atomic mass is 10.1. The van der Waals surface area contributed by atoms with Crippen LogP contribution in [0.1, 0.15) is 43.0 Å². The molecule has 42 heavy (non-hydrogen) atoms. The Bertz CT molecular complexity index is 1280. The summed E-state index contributed by atoms with van der Waals surface area (Å²) in [5.41, 5.74) is 12.2. The van der Waals surface area contributed by atoms with Crippen molar-refractivity contribution in [1.29, 1.82) is 0 Å². The summed E-state index contributed by atoms with van der Waals surface area (Å²) in [6.07, 6.45) is 2.07. The van der Waals surface area contributed by atoms with E-state index in [1.54, 1.807) is 19.2 Å². The van der Waals surface area contributed by atoms with Crippen molar-refractivity contribution in [2.45, 2.75) is 50.7 Å². The van der Waals surface area contributed by atoms with E-state index in [0.29, 0.717) is 30.6 Å². The third-order valence-electron chi connectivity index (χ3n) is 7.44. The summed E-state index contributed by atoms with van der Waals surface area (Å²) >= 11 is 0. The number of carboxylic acids is 2. The molecule has 2 aliphatic heterocycles. The van der Waals surface area contributed by atoms with Crippen LogP contribution < -0.4 is 37.9 Å². The van der Waals surface area contributed by atoms with E-state index in [2.05, 4.69) is 37.7 Å². The SMILES string of the molecule is CCN1CCC[C@H]1CN.CN1c2c(nc(N)[nH]c2=O)NC[C@@H]1CNc1ccc(C(=O)N[C@@H](CCC(=O)O)C(=O)O)cc1. The predicted octanol–water partition coefficient (Wildman–Crippen LogP) is 0.172. The normalized spacial score (nSPS) is 18.6. The van der Waals surface area contributed by atoms with Crippen LogP contribution in [0.25, 0.3) is 0 Å². The van der Waals surface area contributed by atoms with Crippen LogP contribution in [0.2, 0.25) is 0 Å². The predicted molar refractivity (Wildman–Crippen MR) is 160 cm³/mol. The molecule has 1 aromatic heterocycles. The first-order valence-corrected chi connectivity index (χ1v) is 13.9. The number of nitrogens with two attached hydrogens (primary N) is 2. The van der Waals surface area contributed by atoms with E-state index in [1.165, 1.54) is 38.1 Å². The summed E-state index contributed by atoms with van der Waals surface area (Å²) in [4.78, 5) is 57.3. The molecular weight excluding hydrogens is 546 g/mol. The highest BCUT2D eigenvalue weighted by atomic mass is 16.4. The molecule has 0 spiro atoms. The Labute approximate surface area is 243 Å². The molecule has 1 fully saturated rings. The van der Waals surface area contributed by atoms with E-state index in [4.69, 9.17) is 16.6 Å². The van der Waals surface area contributed by atoms with Crippen LogP contribution in [-0.4, -0.2) is 101 Å². The Kier molecular flexibility index (Phi) is 11.5. The Balaban J connectivity index is 0.000000458. The molecule has 230 valence electrons. The number of nitrogens with one attached hydrogen (secondary N) is 4. The van der Waals surface area contributed by atoms with E-state index < -0.39 is 23.9 Å². The molecule has 1 aromatic carbocycles. The summed E-state index contributed by atoms with van der Waals surface area (Å²) < 4.78 is 0. The van der Waals surface area contributed by atoms with Crippen molar-refractivity contribution in [2.75, 3.05) is 61.0 Å². The molecule has 10 N–H and O–H groups in total. The fourth-order valence-electron chi connectivity index (χ4n) is 5.00. The number of anilines is 4. The molecule has 1 saturated heterocycles. The number of nitrogen functional groups attached to an aromatic ring is 1. The zero-order chi connectivity index (χ0) is 30.8. The standard InChI is InChI=1S/C20H25N7O6.C7H16N2/c1-27-12(9-23-16-15(27)18(31)26-20(21)25-16)8-22-11-4-2-10(3-5-11)17(30)24-13(19(32)33)6-7-14(28)29;1-2-9-5-3-4-7(9)6-8/h2-5,12-13,22H,6-9H2,1H3,(H,24,30)(H,28,29)(H,32,33)(H4,21,23,25,26,31);7H,2-6,8H2,1H3/t12-,13-;7-/m00/s1. The summed E-state index contributed by atoms with van der Waals surface area (Å²) in [6, 6.07) is 5.72. The zero-order valence-electron chi connectivity index (χ0n) is 23.9. The first kappa shape index (κ1) is 32.1. The van der Waals surface area contributed by atoms with Crippen LogP contribution >= 0.6 is 0 Å². The highest BCUT2D eigenvalue weighted by Gasteiger charge is 2.27. The number of hydrogen-bond acceptors (Lipinski definition) is 11. The Morgan fingerprint density at radius 3 is 2.50 bits per heavy atom. The average molecular weight is 588 g/mol. The van der Waals surface area contributed by atoms with Gasteiger partial charge in [-0.2, -0.15) is 4.98 Å². The van der Waals surface area contributed by atoms with Gasteiger partial charge < -0.3 is 42.5 Å². The number of aliphatic carboxylic acids is 2. The molecule has 3 heterocycles. The largest absolute Gasteiger partial charge is 0.481 e. The second-order valence-corrected chi connectivity index (χ2v) is 10.2. The molecule has 0 saturated carbocycles. The van der Waals surface area contributed by atoms with Crippen LogP contribution in [0.5, 0.6) is 0 Å². The summed E-state index contributed by atoms with van der Waals surface area (Å²) in [5.74, 6) is -2.59. The smallest absolute Gasteiger partial charge is 0.326 e. The molecule has 0 aliphatic carbocycles. The molecule has 1 amide bonds. The summed E-state index contributed by atoms with van der Waals surface area (Å²) in [7, 11) is 1.79. The van der Waals surface area contributed by atoms with Crippen molar-refractivity contribution in [1.82, 2.24) is 20.2 Å². The van der Waals surface area contributed by atoms with E-state index in [0.717, 1.165) is 12.2 Å². The van der Waals surface area contributed by atoms with Gasteiger partial charge in [-0.3, -0.25) is 24.3 Å². The number of hydrogen-bond donors (Lipinski definition) is 8. The molecule has 0 unspecified atom stereocenters. The van der Waals surface area contributed by atoms with Gasteiger partial charge in [0.15, 0.2) is 5.82 Å². The number of carboxylic acid groups (broad SMARTS) is 2. The van der Waals surface area contributed by atoms with Crippen molar-refractivity contribution in [3.63, 3.8) is 0 Å². The lowest BCUT2D eigenvalue weighted by Crippen LogP contribution is -2.48. The molecule has 4 rings (SSSR count). The lowest BCUT2D eigenvalue weighted by molar-refractivity contribution is -0.140. The minimum absolute atomic E-state index is 0.0388. The molecule has 3 atom stereocenters. The van der Waals surface area contributed by atoms with Crippen LogP contribution in [-0.2, 0) is 9.59 Å². The number of benzene rings is 1. The van der Waals surface area contributed by atoms with Gasteiger partial charge in [-0.05, 0) is 56.6 Å². The number of likely N-dealkylation sites (tertiary alicyclic amines) is 1. The fourth-order valence-corrected chi connectivity index (χ4v) is 5.00. The number of rotatable bonds is 11. The highest BCUT2D eigenvalue weighted by Crippen LogP contribution is 2.25. The van der Waals surface area contributed by atoms with Gasteiger partial charge in [0.2, 0.25) is 5.95 Å². The average Bonchev–Trinajstić information content (AvgIpc) is 3.43. The Morgan fingerprint density at radius 2 is 1.90 bits per heavy atom. The lowest BCUT2D eigenvalue weighted by Gasteiger charge is -2.35. The second-order valence-electron chi connectivity index (χ2n) is 10.2. The van der Waals surface area contributed by atoms with Gasteiger partial charge in [-0.1, -0.05) is 6.92 Å². The maximum Gasteiger partial charge on any atom is 0.326 e. The number of fused-ring (bicyclic) bond motifs is 1. The molecule has 2 aromatic rings. The number of aromatic amines is 1. The van der Waals surface area contributed by atoms with E-state index >= 15 is 0 Å². The van der Waals surface area contributed by atoms with E-state index in [1.807, 2.05) is 4.90 Å². The van der Waals surface area contributed by atoms with Gasteiger partial charge in [-0.25, -0.2) is 4.79 Å². The van der Waals surface area contributed by atoms with Crippen LogP contribution in [0.3, 0.4) is 0 Å². The van der Waals surface area contributed by atoms with Gasteiger partial charge >= 0.3 is 11.9 Å². The minimum Gasteiger partial charge on any atom is -0.481 e. The number of amides is 1. The topological polar surface area (TPSA) is 232 Å². The quantitative estimate of drug-likeness (QED) is 0.175. The first-order valence-electron chi connectivity index (χ1n) is 13.9. The van der Waals surface area contributed by atoms with E-state index in [-0.39, 0.29) is 36.0 Å². The zero-order valence-corrected chi connectivity index (χ0v) is 23.9. The highest BCUT2D eigenvalue weighted by molar-refractivity contribution is 5.97.